The third-order valence-electron chi connectivity index (χ3n) is 10.1. The number of carbonyl (C=O) groups excluding carboxylic acids is 3. The van der Waals surface area contributed by atoms with Crippen molar-refractivity contribution in [1.29, 1.82) is 5.26 Å². The Morgan fingerprint density at radius 3 is 2.56 bits per heavy atom. The monoisotopic (exact) mass is 659 g/mol. The van der Waals surface area contributed by atoms with Crippen LogP contribution >= 0.6 is 0 Å². The molecule has 6 rings (SSSR count). The number of phenols is 1. The Balaban J connectivity index is 1.53. The number of rotatable bonds is 7. The highest BCUT2D eigenvalue weighted by Crippen LogP contribution is 2.58. The smallest absolute Gasteiger partial charge is 0.308 e. The van der Waals surface area contributed by atoms with Gasteiger partial charge in [-0.05, 0) is 64.8 Å². The maximum atomic E-state index is 13.4. The number of esters is 1. The lowest BCUT2D eigenvalue weighted by atomic mass is 9.71. The third kappa shape index (κ3) is 5.20. The van der Waals surface area contributed by atoms with Crippen molar-refractivity contribution in [1.82, 2.24) is 20.4 Å². The fraction of sp³-hybridized carbons (Fsp3) is 0.486. The van der Waals surface area contributed by atoms with E-state index in [1.54, 1.807) is 26.8 Å². The Hall–Kier alpha value is -4.80. The Kier molecular flexibility index (Phi) is 8.74. The molecule has 2 aromatic rings. The molecule has 0 saturated carbocycles. The number of piperazine rings is 1. The van der Waals surface area contributed by atoms with Gasteiger partial charge in [-0.3, -0.25) is 24.2 Å². The molecule has 2 amide bonds. The summed E-state index contributed by atoms with van der Waals surface area (Å²) in [5.74, 6) is 0.408. The molecule has 0 spiro atoms. The number of aryl methyl sites for hydroxylation is 1. The van der Waals surface area contributed by atoms with Crippen LogP contribution in [0.25, 0.3) is 0 Å². The van der Waals surface area contributed by atoms with E-state index >= 15 is 0 Å². The average Bonchev–Trinajstić information content (AvgIpc) is 3.52. The Labute approximate surface area is 279 Å². The van der Waals surface area contributed by atoms with Crippen LogP contribution in [0.15, 0.2) is 18.2 Å². The second-order valence-corrected chi connectivity index (χ2v) is 12.8. The summed E-state index contributed by atoms with van der Waals surface area (Å²) in [7, 11) is 3.49. The molecule has 254 valence electrons. The van der Waals surface area contributed by atoms with Gasteiger partial charge in [-0.1, -0.05) is 12.1 Å². The van der Waals surface area contributed by atoms with E-state index in [0.717, 1.165) is 16.7 Å². The molecule has 0 aromatic heterocycles. The zero-order valence-electron chi connectivity index (χ0n) is 28.2. The average molecular weight is 660 g/mol. The highest BCUT2D eigenvalue weighted by molar-refractivity contribution is 5.92. The van der Waals surface area contributed by atoms with Crippen LogP contribution in [0.2, 0.25) is 0 Å². The standard InChI is InChI=1S/C35H41N5O8/c1-8-9-26(42)38-18(4)35(44)37-14-25-28-21(32(48-19(5)41)17(3)33-34(28)47-15-46-33)12-23-29-27-20(10-16(2)31(45-7)30(27)43)11-22(39(29)6)24(13-36)40(23)25/h8-10,18,22-25,29,43H,11-12,14-15H2,1-7H3,(H,37,44)(H,38,42)/t18-,22-,23?,24-,25-,29-/m0/s1. The van der Waals surface area contributed by atoms with E-state index in [1.807, 2.05) is 20.0 Å². The molecule has 4 aliphatic rings. The van der Waals surface area contributed by atoms with Gasteiger partial charge >= 0.3 is 5.97 Å². The van der Waals surface area contributed by atoms with Crippen LogP contribution in [0, 0.1) is 25.2 Å². The van der Waals surface area contributed by atoms with E-state index in [9.17, 15) is 24.8 Å². The number of aromatic hydroxyl groups is 1. The summed E-state index contributed by atoms with van der Waals surface area (Å²) < 4.78 is 23.5. The lowest BCUT2D eigenvalue weighted by Crippen LogP contribution is -2.69. The first-order chi connectivity index (χ1) is 22.9. The molecule has 4 heterocycles. The summed E-state index contributed by atoms with van der Waals surface area (Å²) in [5.41, 5.74) is 4.45. The first-order valence-electron chi connectivity index (χ1n) is 16.1. The fourth-order valence-electron chi connectivity index (χ4n) is 8.14. The van der Waals surface area contributed by atoms with Gasteiger partial charge in [-0.2, -0.15) is 5.26 Å². The number of amides is 2. The number of phenolic OH excluding ortho intramolecular Hbond substituents is 1. The molecule has 3 N–H and O–H groups in total. The van der Waals surface area contributed by atoms with Crippen LogP contribution in [0.5, 0.6) is 28.7 Å². The highest BCUT2D eigenvalue weighted by Gasteiger charge is 2.57. The van der Waals surface area contributed by atoms with Crippen LogP contribution in [0.4, 0.5) is 0 Å². The molecule has 6 atom stereocenters. The second kappa shape index (κ2) is 12.7. The van der Waals surface area contributed by atoms with E-state index in [4.69, 9.17) is 18.9 Å². The van der Waals surface area contributed by atoms with Crippen LogP contribution < -0.4 is 29.6 Å². The first-order valence-corrected chi connectivity index (χ1v) is 16.1. The van der Waals surface area contributed by atoms with E-state index in [1.165, 1.54) is 20.1 Å². The number of carbonyl (C=O) groups is 3. The zero-order chi connectivity index (χ0) is 34.6. The largest absolute Gasteiger partial charge is 0.504 e. The van der Waals surface area contributed by atoms with Crippen molar-refractivity contribution in [3.8, 4) is 34.8 Å². The number of likely N-dealkylation sites (N-methyl/N-ethyl adjacent to an activating group) is 1. The van der Waals surface area contributed by atoms with Crippen LogP contribution in [-0.2, 0) is 27.2 Å². The number of fused-ring (bicyclic) bond motifs is 9. The normalized spacial score (nSPS) is 24.5. The van der Waals surface area contributed by atoms with Crippen LogP contribution in [-0.4, -0.2) is 84.4 Å². The molecule has 4 aliphatic heterocycles. The predicted octanol–water partition coefficient (Wildman–Crippen LogP) is 2.64. The van der Waals surface area contributed by atoms with Gasteiger partial charge in [0.15, 0.2) is 23.0 Å². The van der Waals surface area contributed by atoms with Gasteiger partial charge < -0.3 is 34.7 Å². The molecular weight excluding hydrogens is 618 g/mol. The molecular formula is C35H41N5O8. The molecule has 48 heavy (non-hydrogen) atoms. The van der Waals surface area contributed by atoms with Crippen molar-refractivity contribution in [2.45, 2.75) is 83.7 Å². The number of hydrogen-bond acceptors (Lipinski definition) is 11. The molecule has 0 radical (unpaired) electrons. The summed E-state index contributed by atoms with van der Waals surface area (Å²) >= 11 is 0. The van der Waals surface area contributed by atoms with Gasteiger partial charge in [0, 0.05) is 47.8 Å². The maximum Gasteiger partial charge on any atom is 0.308 e. The summed E-state index contributed by atoms with van der Waals surface area (Å²) in [6.07, 6.45) is 3.77. The predicted molar refractivity (Wildman–Crippen MR) is 173 cm³/mol. The Bertz CT molecular complexity index is 1770. The number of benzene rings is 2. The molecule has 1 unspecified atom stereocenters. The number of allylic oxidation sites excluding steroid dienone is 1. The van der Waals surface area contributed by atoms with Crippen LogP contribution in [0.1, 0.15) is 66.2 Å². The van der Waals surface area contributed by atoms with Crippen LogP contribution in [0.3, 0.4) is 0 Å². The van der Waals surface area contributed by atoms with E-state index in [-0.39, 0.29) is 31.2 Å². The van der Waals surface area contributed by atoms with Crippen molar-refractivity contribution < 1.29 is 38.4 Å². The van der Waals surface area contributed by atoms with E-state index in [0.29, 0.717) is 52.5 Å². The summed E-state index contributed by atoms with van der Waals surface area (Å²) in [5, 5.41) is 28.2. The SMILES string of the molecule is CC=CC(=O)N[C@@H](C)C(=O)NC[C@H]1c2c(c(OC(C)=O)c(C)c3c2OCO3)CC2[C@H]3c4c(cc(C)c(OC)c4O)C[C@@H]([C@H](C#N)N21)N3C. The number of nitriles is 1. The number of nitrogens with one attached hydrogen (secondary N) is 2. The fourth-order valence-corrected chi connectivity index (χ4v) is 8.14. The first kappa shape index (κ1) is 33.1. The van der Waals surface area contributed by atoms with Crippen molar-refractivity contribution in [2.24, 2.45) is 0 Å². The van der Waals surface area contributed by atoms with Gasteiger partial charge in [-0.25, -0.2) is 0 Å². The Morgan fingerprint density at radius 1 is 1.17 bits per heavy atom. The topological polar surface area (TPSA) is 163 Å². The zero-order valence-corrected chi connectivity index (χ0v) is 28.2. The quantitative estimate of drug-likeness (QED) is 0.228. The molecule has 1 fully saturated rings. The van der Waals surface area contributed by atoms with E-state index in [2.05, 4.69) is 26.5 Å². The van der Waals surface area contributed by atoms with Gasteiger partial charge in [0.1, 0.15) is 17.8 Å². The molecule has 2 bridgehead atoms. The summed E-state index contributed by atoms with van der Waals surface area (Å²) in [6.45, 7) is 8.33. The lowest BCUT2D eigenvalue weighted by Gasteiger charge is -2.60. The number of hydrogen-bond donors (Lipinski definition) is 3. The number of ether oxygens (including phenoxy) is 4. The van der Waals surface area contributed by atoms with Crippen molar-refractivity contribution in [3.63, 3.8) is 0 Å². The van der Waals surface area contributed by atoms with Crippen molar-refractivity contribution in [3.05, 3.63) is 51.6 Å². The molecule has 13 heteroatoms. The minimum atomic E-state index is -0.842. The molecule has 0 aliphatic carbocycles. The highest BCUT2D eigenvalue weighted by atomic mass is 16.7. The van der Waals surface area contributed by atoms with E-state index < -0.39 is 42.0 Å². The molecule has 1 saturated heterocycles. The molecule has 13 nitrogen and oxygen atoms in total. The maximum absolute atomic E-state index is 13.4. The minimum absolute atomic E-state index is 0.0429. The summed E-state index contributed by atoms with van der Waals surface area (Å²) in [4.78, 5) is 42.3. The Morgan fingerprint density at radius 2 is 1.90 bits per heavy atom. The van der Waals surface area contributed by atoms with Gasteiger partial charge in [-0.15, -0.1) is 0 Å². The molecule has 2 aromatic carbocycles. The number of nitrogens with zero attached hydrogens (tertiary/aromatic N) is 3. The number of methoxy groups -OCH3 is 1. The van der Waals surface area contributed by atoms with Gasteiger partial charge in [0.25, 0.3) is 0 Å². The van der Waals surface area contributed by atoms with Crippen molar-refractivity contribution in [2.75, 3.05) is 27.5 Å². The van der Waals surface area contributed by atoms with Gasteiger partial charge in [0.2, 0.25) is 18.6 Å². The minimum Gasteiger partial charge on any atom is -0.504 e. The summed E-state index contributed by atoms with van der Waals surface area (Å²) in [6, 6.07) is 1.43. The van der Waals surface area contributed by atoms with Crippen molar-refractivity contribution >= 4 is 17.8 Å². The van der Waals surface area contributed by atoms with Gasteiger partial charge in [0.05, 0.1) is 25.3 Å². The second-order valence-electron chi connectivity index (χ2n) is 12.8. The third-order valence-corrected chi connectivity index (χ3v) is 10.1. The lowest BCUT2D eigenvalue weighted by molar-refractivity contribution is -0.132.